The fraction of sp³-hybridized carbons (Fsp3) is 0.200. The molecular weight excluding hydrogens is 262 g/mol. The van der Waals surface area contributed by atoms with Crippen molar-refractivity contribution in [2.75, 3.05) is 25.6 Å². The number of halogens is 1. The Morgan fingerprint density at radius 1 is 1.11 bits per heavy atom. The van der Waals surface area contributed by atoms with Crippen LogP contribution in [0, 0.1) is 0 Å². The molecule has 0 unspecified atom stereocenters. The molecule has 0 atom stereocenters. The van der Waals surface area contributed by atoms with Crippen molar-refractivity contribution < 1.29 is 9.47 Å². The molecule has 0 saturated carbocycles. The lowest BCUT2D eigenvalue weighted by atomic mass is 10.3. The molecule has 0 radical (unpaired) electrons. The summed E-state index contributed by atoms with van der Waals surface area (Å²) in [4.78, 5) is 0. The average molecular weight is 278 g/mol. The Morgan fingerprint density at radius 3 is 2.63 bits per heavy atom. The van der Waals surface area contributed by atoms with Crippen molar-refractivity contribution in [2.45, 2.75) is 0 Å². The summed E-state index contributed by atoms with van der Waals surface area (Å²) in [5.41, 5.74) is 0.956. The van der Waals surface area contributed by atoms with Gasteiger partial charge in [0.05, 0.1) is 12.1 Å². The third-order valence-electron chi connectivity index (χ3n) is 2.59. The highest BCUT2D eigenvalue weighted by Gasteiger charge is 2.01. The molecule has 2 rings (SSSR count). The van der Waals surface area contributed by atoms with Crippen LogP contribution in [0.4, 0.5) is 5.69 Å². The summed E-state index contributed by atoms with van der Waals surface area (Å²) in [6.45, 7) is 1.30. The fourth-order valence-electron chi connectivity index (χ4n) is 1.65. The summed E-state index contributed by atoms with van der Waals surface area (Å²) in [6.07, 6.45) is 0. The van der Waals surface area contributed by atoms with E-state index in [1.54, 1.807) is 13.2 Å². The van der Waals surface area contributed by atoms with Crippen LogP contribution in [0.3, 0.4) is 0 Å². The van der Waals surface area contributed by atoms with Crippen LogP contribution in [0.25, 0.3) is 0 Å². The first kappa shape index (κ1) is 13.6. The molecular formula is C15H16ClNO2. The van der Waals surface area contributed by atoms with Gasteiger partial charge in [-0.3, -0.25) is 0 Å². The van der Waals surface area contributed by atoms with E-state index in [9.17, 15) is 0 Å². The summed E-state index contributed by atoms with van der Waals surface area (Å²) in [7, 11) is 1.60. The Kier molecular flexibility index (Phi) is 4.93. The Bertz CT molecular complexity index is 517. The number of nitrogens with one attached hydrogen (secondary N) is 1. The summed E-state index contributed by atoms with van der Waals surface area (Å²) in [5.74, 6) is 1.54. The normalized spacial score (nSPS) is 10.0. The first-order chi connectivity index (χ1) is 9.29. The van der Waals surface area contributed by atoms with E-state index in [1.165, 1.54) is 0 Å². The molecule has 2 aromatic carbocycles. The van der Waals surface area contributed by atoms with Crippen molar-refractivity contribution in [3.8, 4) is 11.5 Å². The van der Waals surface area contributed by atoms with Gasteiger partial charge in [-0.25, -0.2) is 0 Å². The Morgan fingerprint density at radius 2 is 1.89 bits per heavy atom. The third-order valence-corrected chi connectivity index (χ3v) is 2.91. The van der Waals surface area contributed by atoms with Gasteiger partial charge in [0.1, 0.15) is 18.1 Å². The Labute approximate surface area is 118 Å². The lowest BCUT2D eigenvalue weighted by Crippen LogP contribution is -2.11. The molecule has 19 heavy (non-hydrogen) atoms. The number of anilines is 1. The first-order valence-corrected chi connectivity index (χ1v) is 6.42. The summed E-state index contributed by atoms with van der Waals surface area (Å²) in [5, 5.41) is 3.86. The molecule has 0 aromatic heterocycles. The molecule has 3 nitrogen and oxygen atoms in total. The number of methoxy groups -OCH3 is 1. The first-order valence-electron chi connectivity index (χ1n) is 6.05. The summed E-state index contributed by atoms with van der Waals surface area (Å²) in [6, 6.07) is 15.3. The molecule has 0 fully saturated rings. The maximum absolute atomic E-state index is 5.96. The van der Waals surface area contributed by atoms with Crippen molar-refractivity contribution in [3.63, 3.8) is 0 Å². The third kappa shape index (κ3) is 4.07. The van der Waals surface area contributed by atoms with Crippen LogP contribution in [-0.4, -0.2) is 20.3 Å². The highest BCUT2D eigenvalue weighted by atomic mass is 35.5. The van der Waals surface area contributed by atoms with Crippen molar-refractivity contribution >= 4 is 17.3 Å². The zero-order valence-electron chi connectivity index (χ0n) is 10.7. The van der Waals surface area contributed by atoms with Gasteiger partial charge in [-0.2, -0.15) is 0 Å². The monoisotopic (exact) mass is 277 g/mol. The predicted octanol–water partition coefficient (Wildman–Crippen LogP) is 3.84. The second-order valence-corrected chi connectivity index (χ2v) is 4.34. The van der Waals surface area contributed by atoms with Crippen molar-refractivity contribution in [3.05, 3.63) is 53.6 Å². The van der Waals surface area contributed by atoms with Gasteiger partial charge in [-0.1, -0.05) is 29.8 Å². The van der Waals surface area contributed by atoms with E-state index in [-0.39, 0.29) is 0 Å². The quantitative estimate of drug-likeness (QED) is 0.814. The maximum atomic E-state index is 5.96. The van der Waals surface area contributed by atoms with Crippen LogP contribution >= 0.6 is 11.6 Å². The number of para-hydroxylation sites is 1. The van der Waals surface area contributed by atoms with E-state index >= 15 is 0 Å². The Balaban J connectivity index is 1.80. The van der Waals surface area contributed by atoms with E-state index in [4.69, 9.17) is 21.1 Å². The fourth-order valence-corrected chi connectivity index (χ4v) is 1.85. The number of benzene rings is 2. The van der Waals surface area contributed by atoms with Crippen LogP contribution in [0.2, 0.25) is 5.02 Å². The predicted molar refractivity (Wildman–Crippen MR) is 78.4 cm³/mol. The van der Waals surface area contributed by atoms with Gasteiger partial charge in [0, 0.05) is 18.3 Å². The molecule has 0 saturated heterocycles. The molecule has 0 aliphatic rings. The zero-order chi connectivity index (χ0) is 13.5. The van der Waals surface area contributed by atoms with Gasteiger partial charge in [0.15, 0.2) is 0 Å². The van der Waals surface area contributed by atoms with E-state index in [1.807, 2.05) is 42.5 Å². The molecule has 100 valence electrons. The van der Waals surface area contributed by atoms with Gasteiger partial charge in [-0.15, -0.1) is 0 Å². The lowest BCUT2D eigenvalue weighted by molar-refractivity contribution is 0.333. The minimum Gasteiger partial charge on any atom is -0.495 e. The van der Waals surface area contributed by atoms with Gasteiger partial charge >= 0.3 is 0 Å². The number of rotatable bonds is 6. The van der Waals surface area contributed by atoms with Crippen LogP contribution in [0.1, 0.15) is 0 Å². The van der Waals surface area contributed by atoms with E-state index in [2.05, 4.69) is 5.32 Å². The molecule has 4 heteroatoms. The zero-order valence-corrected chi connectivity index (χ0v) is 11.5. The van der Waals surface area contributed by atoms with Crippen LogP contribution in [0.5, 0.6) is 11.5 Å². The number of ether oxygens (including phenoxy) is 2. The SMILES string of the molecule is COc1cc(NCCOc2ccccc2)ccc1Cl. The van der Waals surface area contributed by atoms with E-state index in [0.29, 0.717) is 23.9 Å². The summed E-state index contributed by atoms with van der Waals surface area (Å²) >= 11 is 5.96. The maximum Gasteiger partial charge on any atom is 0.139 e. The summed E-state index contributed by atoms with van der Waals surface area (Å²) < 4.78 is 10.7. The van der Waals surface area contributed by atoms with Crippen LogP contribution in [-0.2, 0) is 0 Å². The second-order valence-electron chi connectivity index (χ2n) is 3.94. The second kappa shape index (κ2) is 6.90. The molecule has 0 heterocycles. The Hall–Kier alpha value is -1.87. The number of hydrogen-bond donors (Lipinski definition) is 1. The van der Waals surface area contributed by atoms with Crippen LogP contribution < -0.4 is 14.8 Å². The molecule has 1 N–H and O–H groups in total. The minimum atomic E-state index is 0.592. The van der Waals surface area contributed by atoms with Crippen LogP contribution in [0.15, 0.2) is 48.5 Å². The van der Waals surface area contributed by atoms with Crippen molar-refractivity contribution in [1.82, 2.24) is 0 Å². The number of hydrogen-bond acceptors (Lipinski definition) is 3. The largest absolute Gasteiger partial charge is 0.495 e. The average Bonchev–Trinajstić information content (AvgIpc) is 2.46. The molecule has 0 spiro atoms. The van der Waals surface area contributed by atoms with Crippen molar-refractivity contribution in [2.24, 2.45) is 0 Å². The molecule has 0 aliphatic heterocycles. The van der Waals surface area contributed by atoms with Crippen molar-refractivity contribution in [1.29, 1.82) is 0 Å². The van der Waals surface area contributed by atoms with E-state index < -0.39 is 0 Å². The lowest BCUT2D eigenvalue weighted by Gasteiger charge is -2.10. The molecule has 0 amide bonds. The van der Waals surface area contributed by atoms with Gasteiger partial charge < -0.3 is 14.8 Å². The van der Waals surface area contributed by atoms with Gasteiger partial charge in [0.25, 0.3) is 0 Å². The topological polar surface area (TPSA) is 30.5 Å². The highest BCUT2D eigenvalue weighted by molar-refractivity contribution is 6.32. The molecule has 2 aromatic rings. The molecule has 0 aliphatic carbocycles. The molecule has 0 bridgehead atoms. The standard InChI is InChI=1S/C15H16ClNO2/c1-18-15-11-12(7-8-14(15)16)17-9-10-19-13-5-3-2-4-6-13/h2-8,11,17H,9-10H2,1H3. The minimum absolute atomic E-state index is 0.592. The highest BCUT2D eigenvalue weighted by Crippen LogP contribution is 2.27. The smallest absolute Gasteiger partial charge is 0.139 e. The van der Waals surface area contributed by atoms with Gasteiger partial charge in [0.2, 0.25) is 0 Å². The van der Waals surface area contributed by atoms with E-state index in [0.717, 1.165) is 11.4 Å². The van der Waals surface area contributed by atoms with Gasteiger partial charge in [-0.05, 0) is 24.3 Å².